The van der Waals surface area contributed by atoms with Crippen molar-refractivity contribution in [2.24, 2.45) is 0 Å². The molecule has 7 heteroatoms. The molecule has 2 unspecified atom stereocenters. The first-order valence-electron chi connectivity index (χ1n) is 6.22. The van der Waals surface area contributed by atoms with Crippen molar-refractivity contribution in [1.29, 1.82) is 0 Å². The molecule has 2 N–H and O–H groups in total. The molecule has 0 saturated heterocycles. The average molecular weight is 249 g/mol. The van der Waals surface area contributed by atoms with Crippen LogP contribution >= 0.6 is 0 Å². The molecule has 2 aromatic rings. The van der Waals surface area contributed by atoms with Gasteiger partial charge in [0, 0.05) is 0 Å². The average Bonchev–Trinajstić information content (AvgIpc) is 3.00. The molecule has 3 rings (SSSR count). The van der Waals surface area contributed by atoms with Gasteiger partial charge in [0.2, 0.25) is 11.7 Å². The highest BCUT2D eigenvalue weighted by Gasteiger charge is 2.28. The smallest absolute Gasteiger partial charge is 0.232 e. The van der Waals surface area contributed by atoms with Crippen LogP contribution in [0.2, 0.25) is 0 Å². The summed E-state index contributed by atoms with van der Waals surface area (Å²) in [6, 6.07) is 0. The monoisotopic (exact) mass is 249 g/mol. The van der Waals surface area contributed by atoms with Crippen LogP contribution in [0.5, 0.6) is 0 Å². The Hall–Kier alpha value is -1.76. The SMILES string of the molecule is OC1CCCCCC1c1nc(-c2cn[nH]n2)no1. The lowest BCUT2D eigenvalue weighted by Crippen LogP contribution is -2.17. The van der Waals surface area contributed by atoms with E-state index >= 15 is 0 Å². The van der Waals surface area contributed by atoms with Crippen molar-refractivity contribution in [1.82, 2.24) is 25.6 Å². The Morgan fingerprint density at radius 2 is 2.17 bits per heavy atom. The number of aromatic nitrogens is 5. The summed E-state index contributed by atoms with van der Waals surface area (Å²) in [6.07, 6.45) is 6.13. The largest absolute Gasteiger partial charge is 0.392 e. The number of aromatic amines is 1. The molecular formula is C11H15N5O2. The van der Waals surface area contributed by atoms with Gasteiger partial charge in [-0.05, 0) is 12.8 Å². The molecule has 1 fully saturated rings. The molecule has 2 aromatic heterocycles. The summed E-state index contributed by atoms with van der Waals surface area (Å²) in [5.41, 5.74) is 0.549. The Kier molecular flexibility index (Phi) is 3.06. The van der Waals surface area contributed by atoms with Crippen LogP contribution < -0.4 is 0 Å². The summed E-state index contributed by atoms with van der Waals surface area (Å²) in [5.74, 6) is 0.859. The van der Waals surface area contributed by atoms with Gasteiger partial charge in [-0.1, -0.05) is 24.4 Å². The lowest BCUT2D eigenvalue weighted by atomic mass is 9.97. The predicted octanol–water partition coefficient (Wildman–Crippen LogP) is 1.26. The van der Waals surface area contributed by atoms with E-state index < -0.39 is 6.10 Å². The zero-order valence-electron chi connectivity index (χ0n) is 9.91. The minimum Gasteiger partial charge on any atom is -0.392 e. The zero-order valence-corrected chi connectivity index (χ0v) is 9.91. The maximum Gasteiger partial charge on any atom is 0.232 e. The van der Waals surface area contributed by atoms with E-state index in [1.165, 1.54) is 6.20 Å². The normalized spacial score (nSPS) is 24.9. The third-order valence-corrected chi connectivity index (χ3v) is 3.38. The first-order chi connectivity index (χ1) is 8.84. The highest BCUT2D eigenvalue weighted by molar-refractivity contribution is 5.44. The molecule has 7 nitrogen and oxygen atoms in total. The van der Waals surface area contributed by atoms with Gasteiger partial charge < -0.3 is 9.63 Å². The van der Waals surface area contributed by atoms with Gasteiger partial charge in [0.15, 0.2) is 5.69 Å². The second kappa shape index (κ2) is 4.85. The molecule has 0 bridgehead atoms. The van der Waals surface area contributed by atoms with E-state index in [-0.39, 0.29) is 5.92 Å². The fraction of sp³-hybridized carbons (Fsp3) is 0.636. The van der Waals surface area contributed by atoms with Gasteiger partial charge >= 0.3 is 0 Å². The van der Waals surface area contributed by atoms with Crippen LogP contribution in [-0.4, -0.2) is 36.8 Å². The number of nitrogens with zero attached hydrogens (tertiary/aromatic N) is 4. The maximum atomic E-state index is 10.1. The molecule has 0 aliphatic heterocycles. The number of rotatable bonds is 2. The topological polar surface area (TPSA) is 101 Å². The summed E-state index contributed by atoms with van der Waals surface area (Å²) in [7, 11) is 0. The molecule has 2 atom stereocenters. The van der Waals surface area contributed by atoms with Crippen LogP contribution in [0.15, 0.2) is 10.7 Å². The Labute approximate surface area is 104 Å². The van der Waals surface area contributed by atoms with E-state index in [2.05, 4.69) is 25.6 Å². The van der Waals surface area contributed by atoms with Gasteiger partial charge in [-0.15, -0.1) is 0 Å². The minimum atomic E-state index is -0.391. The van der Waals surface area contributed by atoms with Gasteiger partial charge in [-0.3, -0.25) is 0 Å². The van der Waals surface area contributed by atoms with Crippen LogP contribution in [0, 0.1) is 0 Å². The highest BCUT2D eigenvalue weighted by atomic mass is 16.5. The van der Waals surface area contributed by atoms with Gasteiger partial charge in [-0.2, -0.15) is 20.4 Å². The van der Waals surface area contributed by atoms with Crippen LogP contribution in [0.1, 0.15) is 43.9 Å². The van der Waals surface area contributed by atoms with Gasteiger partial charge in [0.05, 0.1) is 18.2 Å². The second-order valence-corrected chi connectivity index (χ2v) is 4.62. The van der Waals surface area contributed by atoms with E-state index in [0.29, 0.717) is 17.4 Å². The number of hydrogen-bond acceptors (Lipinski definition) is 6. The van der Waals surface area contributed by atoms with Crippen molar-refractivity contribution in [2.45, 2.75) is 44.1 Å². The van der Waals surface area contributed by atoms with Crippen molar-refractivity contribution in [2.75, 3.05) is 0 Å². The number of H-pyrrole nitrogens is 1. The van der Waals surface area contributed by atoms with E-state index in [4.69, 9.17) is 4.52 Å². The van der Waals surface area contributed by atoms with Crippen molar-refractivity contribution < 1.29 is 9.63 Å². The second-order valence-electron chi connectivity index (χ2n) is 4.62. The Balaban J connectivity index is 1.83. The van der Waals surface area contributed by atoms with Crippen LogP contribution in [-0.2, 0) is 0 Å². The first kappa shape index (κ1) is 11.3. The molecule has 96 valence electrons. The fourth-order valence-corrected chi connectivity index (χ4v) is 2.38. The van der Waals surface area contributed by atoms with Crippen molar-refractivity contribution >= 4 is 0 Å². The van der Waals surface area contributed by atoms with Crippen molar-refractivity contribution in [3.05, 3.63) is 12.1 Å². The summed E-state index contributed by atoms with van der Waals surface area (Å²) < 4.78 is 5.25. The van der Waals surface area contributed by atoms with Crippen LogP contribution in [0.4, 0.5) is 0 Å². The fourth-order valence-electron chi connectivity index (χ4n) is 2.38. The van der Waals surface area contributed by atoms with Gasteiger partial charge in [-0.25, -0.2) is 0 Å². The third kappa shape index (κ3) is 2.13. The molecule has 2 heterocycles. The van der Waals surface area contributed by atoms with E-state index in [9.17, 15) is 5.11 Å². The molecule has 18 heavy (non-hydrogen) atoms. The van der Waals surface area contributed by atoms with Crippen LogP contribution in [0.3, 0.4) is 0 Å². The molecular weight excluding hydrogens is 234 g/mol. The first-order valence-corrected chi connectivity index (χ1v) is 6.22. The lowest BCUT2D eigenvalue weighted by Gasteiger charge is -2.15. The zero-order chi connectivity index (χ0) is 12.4. The number of hydrogen-bond donors (Lipinski definition) is 2. The standard InChI is InChI=1S/C11H15N5O2/c17-9-5-3-1-2-4-7(9)11-13-10(15-18-11)8-6-12-16-14-8/h6-7,9,17H,1-5H2,(H,12,14,16). The number of nitrogens with one attached hydrogen (secondary N) is 1. The summed E-state index contributed by atoms with van der Waals surface area (Å²) >= 11 is 0. The molecule has 0 amide bonds. The Morgan fingerprint density at radius 1 is 1.28 bits per heavy atom. The molecule has 0 aromatic carbocycles. The summed E-state index contributed by atoms with van der Waals surface area (Å²) in [5, 5.41) is 24.1. The Morgan fingerprint density at radius 3 is 3.00 bits per heavy atom. The minimum absolute atomic E-state index is 0.0550. The maximum absolute atomic E-state index is 10.1. The molecule has 1 aliphatic rings. The van der Waals surface area contributed by atoms with Crippen LogP contribution in [0.25, 0.3) is 11.5 Å². The van der Waals surface area contributed by atoms with Gasteiger partial charge in [0.25, 0.3) is 0 Å². The summed E-state index contributed by atoms with van der Waals surface area (Å²) in [6.45, 7) is 0. The predicted molar refractivity (Wildman–Crippen MR) is 61.5 cm³/mol. The third-order valence-electron chi connectivity index (χ3n) is 3.38. The number of aliphatic hydroxyl groups excluding tert-OH is 1. The van der Waals surface area contributed by atoms with E-state index in [1.807, 2.05) is 0 Å². The Bertz CT molecular complexity index is 495. The molecule has 1 aliphatic carbocycles. The van der Waals surface area contributed by atoms with Crippen molar-refractivity contribution in [3.8, 4) is 11.5 Å². The molecule has 1 saturated carbocycles. The highest BCUT2D eigenvalue weighted by Crippen LogP contribution is 2.31. The summed E-state index contributed by atoms with van der Waals surface area (Å²) in [4.78, 5) is 4.31. The van der Waals surface area contributed by atoms with Gasteiger partial charge in [0.1, 0.15) is 0 Å². The van der Waals surface area contributed by atoms with E-state index in [0.717, 1.165) is 32.1 Å². The van der Waals surface area contributed by atoms with E-state index in [1.54, 1.807) is 0 Å². The molecule has 0 radical (unpaired) electrons. The quantitative estimate of drug-likeness (QED) is 0.777. The molecule has 0 spiro atoms. The van der Waals surface area contributed by atoms with Crippen molar-refractivity contribution in [3.63, 3.8) is 0 Å². The number of aliphatic hydroxyl groups is 1. The lowest BCUT2D eigenvalue weighted by molar-refractivity contribution is 0.119.